The van der Waals surface area contributed by atoms with Crippen LogP contribution in [0.4, 0.5) is 0 Å². The molecule has 21 heavy (non-hydrogen) atoms. The molecule has 0 saturated heterocycles. The van der Waals surface area contributed by atoms with Crippen molar-refractivity contribution in [3.8, 4) is 0 Å². The van der Waals surface area contributed by atoms with Gasteiger partial charge in [-0.05, 0) is 30.3 Å². The molecule has 0 spiro atoms. The number of nitrogens with zero attached hydrogens (tertiary/aromatic N) is 2. The van der Waals surface area contributed by atoms with Crippen molar-refractivity contribution in [3.05, 3.63) is 60.7 Å². The number of rotatable bonds is 0. The zero-order valence-electron chi connectivity index (χ0n) is 11.2. The first-order chi connectivity index (χ1) is 10.4. The molecule has 0 aliphatic carbocycles. The molecular weight excluding hydrogens is 258 g/mol. The third-order valence-corrected chi connectivity index (χ3v) is 3.98. The van der Waals surface area contributed by atoms with E-state index in [9.17, 15) is 0 Å². The second kappa shape index (κ2) is 3.79. The molecule has 3 aromatic carbocycles. The molecule has 5 aromatic rings. The monoisotopic (exact) mass is 269 g/mol. The molecule has 0 aliphatic heterocycles. The number of aromatic nitrogens is 3. The Bertz CT molecular complexity index is 1140. The van der Waals surface area contributed by atoms with Crippen LogP contribution < -0.4 is 0 Å². The first kappa shape index (κ1) is 10.8. The first-order valence-corrected chi connectivity index (χ1v) is 6.96. The summed E-state index contributed by atoms with van der Waals surface area (Å²) in [6.07, 6.45) is 0. The molecule has 1 N–H and O–H groups in total. The molecule has 98 valence electrons. The number of fused-ring (bicyclic) bond motifs is 6. The Labute approximate surface area is 120 Å². The molecular formula is C18H11N3. The summed E-state index contributed by atoms with van der Waals surface area (Å²) in [7, 11) is 0. The van der Waals surface area contributed by atoms with Gasteiger partial charge >= 0.3 is 0 Å². The second-order valence-corrected chi connectivity index (χ2v) is 5.24. The Morgan fingerprint density at radius 3 is 2.38 bits per heavy atom. The fourth-order valence-corrected chi connectivity index (χ4v) is 3.01. The Kier molecular flexibility index (Phi) is 1.95. The number of aromatic amines is 1. The van der Waals surface area contributed by atoms with E-state index in [2.05, 4.69) is 23.2 Å². The largest absolute Gasteiger partial charge is 0.352 e. The van der Waals surface area contributed by atoms with Crippen molar-refractivity contribution in [2.75, 3.05) is 0 Å². The van der Waals surface area contributed by atoms with E-state index >= 15 is 0 Å². The molecule has 5 rings (SSSR count). The van der Waals surface area contributed by atoms with Gasteiger partial charge in [0, 0.05) is 10.8 Å². The van der Waals surface area contributed by atoms with E-state index in [1.165, 1.54) is 0 Å². The van der Waals surface area contributed by atoms with Crippen LogP contribution in [0.2, 0.25) is 0 Å². The highest BCUT2D eigenvalue weighted by Crippen LogP contribution is 2.31. The van der Waals surface area contributed by atoms with Gasteiger partial charge < -0.3 is 4.98 Å². The lowest BCUT2D eigenvalue weighted by atomic mass is 10.1. The smallest absolute Gasteiger partial charge is 0.0973 e. The van der Waals surface area contributed by atoms with Crippen molar-refractivity contribution in [2.45, 2.75) is 0 Å². The van der Waals surface area contributed by atoms with E-state index in [1.54, 1.807) is 0 Å². The molecule has 0 radical (unpaired) electrons. The maximum atomic E-state index is 4.86. The molecule has 0 amide bonds. The molecule has 2 aromatic heterocycles. The molecule has 0 aliphatic rings. The predicted octanol–water partition coefficient (Wildman–Crippen LogP) is 4.42. The summed E-state index contributed by atoms with van der Waals surface area (Å²) in [5.74, 6) is 0. The third-order valence-electron chi connectivity index (χ3n) is 3.98. The molecule has 2 heterocycles. The summed E-state index contributed by atoms with van der Waals surface area (Å²) < 4.78 is 0. The van der Waals surface area contributed by atoms with Gasteiger partial charge in [0.05, 0.1) is 33.1 Å². The summed E-state index contributed by atoms with van der Waals surface area (Å²) in [6.45, 7) is 0. The molecule has 0 unspecified atom stereocenters. The van der Waals surface area contributed by atoms with Crippen LogP contribution in [0, 0.1) is 0 Å². The minimum Gasteiger partial charge on any atom is -0.352 e. The van der Waals surface area contributed by atoms with Crippen molar-refractivity contribution >= 4 is 43.9 Å². The van der Waals surface area contributed by atoms with Crippen molar-refractivity contribution in [3.63, 3.8) is 0 Å². The van der Waals surface area contributed by atoms with Crippen LogP contribution in [0.15, 0.2) is 60.7 Å². The normalized spacial score (nSPS) is 11.8. The zero-order valence-corrected chi connectivity index (χ0v) is 11.2. The molecule has 0 fully saturated rings. The highest BCUT2D eigenvalue weighted by Gasteiger charge is 2.10. The topological polar surface area (TPSA) is 41.6 Å². The lowest BCUT2D eigenvalue weighted by Gasteiger charge is -2.03. The fourth-order valence-electron chi connectivity index (χ4n) is 3.01. The number of para-hydroxylation sites is 3. The average molecular weight is 269 g/mol. The Morgan fingerprint density at radius 1 is 0.619 bits per heavy atom. The van der Waals surface area contributed by atoms with Crippen molar-refractivity contribution < 1.29 is 0 Å². The predicted molar refractivity (Wildman–Crippen MR) is 86.4 cm³/mol. The van der Waals surface area contributed by atoms with Gasteiger partial charge in [-0.25, -0.2) is 9.97 Å². The zero-order chi connectivity index (χ0) is 13.8. The minimum atomic E-state index is 0.975. The van der Waals surface area contributed by atoms with Gasteiger partial charge in [-0.15, -0.1) is 0 Å². The minimum absolute atomic E-state index is 0.975. The van der Waals surface area contributed by atoms with E-state index in [4.69, 9.17) is 9.97 Å². The van der Waals surface area contributed by atoms with Crippen LogP contribution in [0.1, 0.15) is 0 Å². The quantitative estimate of drug-likeness (QED) is 0.423. The molecule has 0 atom stereocenters. The van der Waals surface area contributed by atoms with Gasteiger partial charge in [0.2, 0.25) is 0 Å². The Hall–Kier alpha value is -2.94. The average Bonchev–Trinajstić information content (AvgIpc) is 2.92. The van der Waals surface area contributed by atoms with Crippen molar-refractivity contribution in [2.24, 2.45) is 0 Å². The summed E-state index contributed by atoms with van der Waals surface area (Å²) in [6, 6.07) is 20.5. The van der Waals surface area contributed by atoms with E-state index in [0.29, 0.717) is 0 Å². The Morgan fingerprint density at radius 2 is 1.43 bits per heavy atom. The summed E-state index contributed by atoms with van der Waals surface area (Å²) in [5, 5.41) is 2.29. The van der Waals surface area contributed by atoms with E-state index in [0.717, 1.165) is 43.9 Å². The van der Waals surface area contributed by atoms with Gasteiger partial charge in [-0.2, -0.15) is 0 Å². The number of H-pyrrole nitrogens is 1. The molecule has 0 saturated carbocycles. The van der Waals surface area contributed by atoms with Gasteiger partial charge in [0.1, 0.15) is 0 Å². The van der Waals surface area contributed by atoms with E-state index < -0.39 is 0 Å². The van der Waals surface area contributed by atoms with Crippen LogP contribution in [0.25, 0.3) is 43.9 Å². The van der Waals surface area contributed by atoms with Crippen LogP contribution in [-0.2, 0) is 0 Å². The van der Waals surface area contributed by atoms with Crippen LogP contribution in [-0.4, -0.2) is 15.0 Å². The van der Waals surface area contributed by atoms with Crippen molar-refractivity contribution in [1.82, 2.24) is 15.0 Å². The second-order valence-electron chi connectivity index (χ2n) is 5.24. The van der Waals surface area contributed by atoms with Crippen LogP contribution in [0.3, 0.4) is 0 Å². The van der Waals surface area contributed by atoms with Crippen LogP contribution in [0.5, 0.6) is 0 Å². The van der Waals surface area contributed by atoms with Gasteiger partial charge in [0.25, 0.3) is 0 Å². The van der Waals surface area contributed by atoms with Gasteiger partial charge in [0.15, 0.2) is 0 Å². The van der Waals surface area contributed by atoms with Gasteiger partial charge in [-0.1, -0.05) is 30.3 Å². The van der Waals surface area contributed by atoms with Crippen molar-refractivity contribution in [1.29, 1.82) is 0 Å². The fraction of sp³-hybridized carbons (Fsp3) is 0. The third kappa shape index (κ3) is 1.43. The molecule has 0 bridgehead atoms. The Balaban J connectivity index is 2.09. The summed E-state index contributed by atoms with van der Waals surface area (Å²) in [4.78, 5) is 13.0. The van der Waals surface area contributed by atoms with Crippen LogP contribution >= 0.6 is 0 Å². The standard InChI is InChI=1S/C18H11N3/c1-2-6-12-11(5-1)17-15(19-12)9-10-16-18(17)21-14-8-4-3-7-13(14)20-16/h1-10,20H. The maximum absolute atomic E-state index is 4.86. The van der Waals surface area contributed by atoms with E-state index in [1.807, 2.05) is 42.5 Å². The lowest BCUT2D eigenvalue weighted by Crippen LogP contribution is -1.87. The number of benzene rings is 3. The highest BCUT2D eigenvalue weighted by molar-refractivity contribution is 6.18. The van der Waals surface area contributed by atoms with E-state index in [-0.39, 0.29) is 0 Å². The maximum Gasteiger partial charge on any atom is 0.0973 e. The highest BCUT2D eigenvalue weighted by atomic mass is 14.8. The number of nitrogens with one attached hydrogen (secondary N) is 1. The number of hydrogen-bond acceptors (Lipinski definition) is 2. The summed E-state index contributed by atoms with van der Waals surface area (Å²) >= 11 is 0. The summed E-state index contributed by atoms with van der Waals surface area (Å²) in [5.41, 5.74) is 6.07. The molecule has 3 heteroatoms. The molecule has 3 nitrogen and oxygen atoms in total. The SMILES string of the molecule is c1ccc2[nH]c3ccc4nc5ccccc5c4c3nc2c1. The lowest BCUT2D eigenvalue weighted by molar-refractivity contribution is 1.41. The number of hydrogen-bond donors (Lipinski definition) is 1. The van der Waals surface area contributed by atoms with Gasteiger partial charge in [-0.3, -0.25) is 0 Å². The first-order valence-electron chi connectivity index (χ1n) is 6.96.